The Bertz CT molecular complexity index is 302. The lowest BCUT2D eigenvalue weighted by molar-refractivity contribution is 0.125. The fourth-order valence-electron chi connectivity index (χ4n) is 1.54. The molecule has 0 aliphatic carbocycles. The zero-order valence-electron chi connectivity index (χ0n) is 9.98. The molecule has 0 saturated carbocycles. The SMILES string of the molecule is CCC(O)CNC(C)(CO)c1ccccc1. The Morgan fingerprint density at radius 1 is 1.31 bits per heavy atom. The van der Waals surface area contributed by atoms with E-state index in [4.69, 9.17) is 0 Å². The fraction of sp³-hybridized carbons (Fsp3) is 0.538. The van der Waals surface area contributed by atoms with Crippen LogP contribution >= 0.6 is 0 Å². The highest BCUT2D eigenvalue weighted by Crippen LogP contribution is 2.19. The number of aliphatic hydroxyl groups is 2. The number of rotatable bonds is 6. The summed E-state index contributed by atoms with van der Waals surface area (Å²) >= 11 is 0. The van der Waals surface area contributed by atoms with Gasteiger partial charge in [0.05, 0.1) is 18.2 Å². The fourth-order valence-corrected chi connectivity index (χ4v) is 1.54. The van der Waals surface area contributed by atoms with Crippen LogP contribution in [0.5, 0.6) is 0 Å². The van der Waals surface area contributed by atoms with Gasteiger partial charge in [-0.15, -0.1) is 0 Å². The van der Waals surface area contributed by atoms with Gasteiger partial charge in [-0.3, -0.25) is 0 Å². The maximum absolute atomic E-state index is 9.52. The molecule has 2 atom stereocenters. The van der Waals surface area contributed by atoms with E-state index in [0.717, 1.165) is 5.56 Å². The third-order valence-corrected chi connectivity index (χ3v) is 2.93. The van der Waals surface area contributed by atoms with E-state index >= 15 is 0 Å². The van der Waals surface area contributed by atoms with Crippen molar-refractivity contribution in [3.8, 4) is 0 Å². The molecule has 1 aromatic rings. The molecule has 3 heteroatoms. The molecular weight excluding hydrogens is 202 g/mol. The minimum absolute atomic E-state index is 0.00739. The number of hydrogen-bond acceptors (Lipinski definition) is 3. The van der Waals surface area contributed by atoms with E-state index in [-0.39, 0.29) is 12.7 Å². The standard InChI is InChI=1S/C13H21NO2/c1-3-12(16)9-14-13(2,10-15)11-7-5-4-6-8-11/h4-8,12,14-16H,3,9-10H2,1-2H3. The summed E-state index contributed by atoms with van der Waals surface area (Å²) in [5.41, 5.74) is 0.540. The first kappa shape index (κ1) is 13.2. The topological polar surface area (TPSA) is 52.5 Å². The molecule has 0 radical (unpaired) electrons. The lowest BCUT2D eigenvalue weighted by atomic mass is 9.92. The van der Waals surface area contributed by atoms with E-state index < -0.39 is 5.54 Å². The average molecular weight is 223 g/mol. The maximum atomic E-state index is 9.52. The van der Waals surface area contributed by atoms with Gasteiger partial charge in [-0.1, -0.05) is 37.3 Å². The van der Waals surface area contributed by atoms with Crippen molar-refractivity contribution in [2.24, 2.45) is 0 Å². The molecule has 1 rings (SSSR count). The monoisotopic (exact) mass is 223 g/mol. The zero-order chi connectivity index (χ0) is 12.0. The molecule has 0 fully saturated rings. The summed E-state index contributed by atoms with van der Waals surface area (Å²) in [6.45, 7) is 4.37. The molecule has 0 aliphatic rings. The Labute approximate surface area is 97.1 Å². The smallest absolute Gasteiger partial charge is 0.0662 e. The van der Waals surface area contributed by atoms with E-state index in [2.05, 4.69) is 5.32 Å². The molecule has 0 amide bonds. The number of nitrogens with one attached hydrogen (secondary N) is 1. The normalized spacial score (nSPS) is 16.8. The average Bonchev–Trinajstić information content (AvgIpc) is 2.36. The molecular formula is C13H21NO2. The zero-order valence-corrected chi connectivity index (χ0v) is 9.98. The summed E-state index contributed by atoms with van der Waals surface area (Å²) < 4.78 is 0. The Kier molecular flexibility index (Phi) is 4.93. The molecule has 0 aromatic heterocycles. The van der Waals surface area contributed by atoms with Crippen LogP contribution in [-0.4, -0.2) is 29.5 Å². The minimum Gasteiger partial charge on any atom is -0.394 e. The van der Waals surface area contributed by atoms with Crippen molar-refractivity contribution in [2.75, 3.05) is 13.2 Å². The molecule has 0 saturated heterocycles. The largest absolute Gasteiger partial charge is 0.394 e. The second kappa shape index (κ2) is 5.99. The van der Waals surface area contributed by atoms with Crippen LogP contribution in [0.1, 0.15) is 25.8 Å². The second-order valence-corrected chi connectivity index (χ2v) is 4.30. The Morgan fingerprint density at radius 2 is 1.94 bits per heavy atom. The highest BCUT2D eigenvalue weighted by molar-refractivity contribution is 5.23. The van der Waals surface area contributed by atoms with Gasteiger partial charge in [0, 0.05) is 6.54 Å². The van der Waals surface area contributed by atoms with Gasteiger partial charge in [0.25, 0.3) is 0 Å². The summed E-state index contributed by atoms with van der Waals surface area (Å²) in [6, 6.07) is 9.79. The van der Waals surface area contributed by atoms with Gasteiger partial charge in [0.15, 0.2) is 0 Å². The van der Waals surface area contributed by atoms with Crippen LogP contribution in [-0.2, 0) is 5.54 Å². The number of benzene rings is 1. The van der Waals surface area contributed by atoms with E-state index in [1.807, 2.05) is 44.2 Å². The van der Waals surface area contributed by atoms with Crippen molar-refractivity contribution in [3.63, 3.8) is 0 Å². The molecule has 1 aromatic carbocycles. The van der Waals surface area contributed by atoms with Crippen LogP contribution in [0.4, 0.5) is 0 Å². The Hall–Kier alpha value is -0.900. The summed E-state index contributed by atoms with van der Waals surface area (Å²) in [4.78, 5) is 0. The Morgan fingerprint density at radius 3 is 2.44 bits per heavy atom. The third kappa shape index (κ3) is 3.30. The van der Waals surface area contributed by atoms with Gasteiger partial charge < -0.3 is 15.5 Å². The summed E-state index contributed by atoms with van der Waals surface area (Å²) in [5.74, 6) is 0. The highest BCUT2D eigenvalue weighted by atomic mass is 16.3. The van der Waals surface area contributed by atoms with Crippen LogP contribution < -0.4 is 5.32 Å². The molecule has 0 heterocycles. The lowest BCUT2D eigenvalue weighted by Crippen LogP contribution is -2.46. The molecule has 90 valence electrons. The van der Waals surface area contributed by atoms with Crippen molar-refractivity contribution >= 4 is 0 Å². The van der Waals surface area contributed by atoms with Crippen molar-refractivity contribution in [1.29, 1.82) is 0 Å². The van der Waals surface area contributed by atoms with Crippen LogP contribution in [0, 0.1) is 0 Å². The number of hydrogen-bond donors (Lipinski definition) is 3. The summed E-state index contributed by atoms with van der Waals surface area (Å²) in [5, 5.41) is 22.2. The molecule has 0 bridgehead atoms. The first-order valence-electron chi connectivity index (χ1n) is 5.72. The molecule has 0 aliphatic heterocycles. The minimum atomic E-state index is -0.489. The predicted molar refractivity (Wildman–Crippen MR) is 65.2 cm³/mol. The first-order valence-corrected chi connectivity index (χ1v) is 5.72. The van der Waals surface area contributed by atoms with Crippen LogP contribution in [0.2, 0.25) is 0 Å². The van der Waals surface area contributed by atoms with Crippen molar-refractivity contribution < 1.29 is 10.2 Å². The van der Waals surface area contributed by atoms with Gasteiger partial charge >= 0.3 is 0 Å². The van der Waals surface area contributed by atoms with Crippen LogP contribution in [0.3, 0.4) is 0 Å². The van der Waals surface area contributed by atoms with E-state index in [1.165, 1.54) is 0 Å². The van der Waals surface area contributed by atoms with Crippen LogP contribution in [0.25, 0.3) is 0 Å². The number of aliphatic hydroxyl groups excluding tert-OH is 2. The van der Waals surface area contributed by atoms with Crippen molar-refractivity contribution in [2.45, 2.75) is 31.9 Å². The molecule has 16 heavy (non-hydrogen) atoms. The quantitative estimate of drug-likeness (QED) is 0.680. The van der Waals surface area contributed by atoms with Gasteiger partial charge in [-0.05, 0) is 18.9 Å². The third-order valence-electron chi connectivity index (χ3n) is 2.93. The molecule has 3 N–H and O–H groups in total. The van der Waals surface area contributed by atoms with Crippen molar-refractivity contribution in [1.82, 2.24) is 5.32 Å². The van der Waals surface area contributed by atoms with E-state index in [0.29, 0.717) is 13.0 Å². The second-order valence-electron chi connectivity index (χ2n) is 4.30. The van der Waals surface area contributed by atoms with E-state index in [9.17, 15) is 10.2 Å². The van der Waals surface area contributed by atoms with Gasteiger partial charge in [-0.25, -0.2) is 0 Å². The van der Waals surface area contributed by atoms with Crippen molar-refractivity contribution in [3.05, 3.63) is 35.9 Å². The maximum Gasteiger partial charge on any atom is 0.0662 e. The molecule has 2 unspecified atom stereocenters. The first-order chi connectivity index (χ1) is 7.62. The van der Waals surface area contributed by atoms with Gasteiger partial charge in [0.2, 0.25) is 0 Å². The van der Waals surface area contributed by atoms with Gasteiger partial charge in [-0.2, -0.15) is 0 Å². The van der Waals surface area contributed by atoms with Crippen LogP contribution in [0.15, 0.2) is 30.3 Å². The summed E-state index contributed by atoms with van der Waals surface area (Å²) in [6.07, 6.45) is 0.345. The lowest BCUT2D eigenvalue weighted by Gasteiger charge is -2.30. The molecule has 0 spiro atoms. The highest BCUT2D eigenvalue weighted by Gasteiger charge is 2.25. The molecule has 3 nitrogen and oxygen atoms in total. The predicted octanol–water partition coefficient (Wildman–Crippen LogP) is 1.25. The van der Waals surface area contributed by atoms with Gasteiger partial charge in [0.1, 0.15) is 0 Å². The van der Waals surface area contributed by atoms with E-state index in [1.54, 1.807) is 0 Å². The Balaban J connectivity index is 2.70. The summed E-state index contributed by atoms with van der Waals surface area (Å²) in [7, 11) is 0.